The lowest BCUT2D eigenvalue weighted by atomic mass is 10.1. The highest BCUT2D eigenvalue weighted by molar-refractivity contribution is 7.20. The third kappa shape index (κ3) is 2.34. The molecule has 1 heterocycles. The minimum absolute atomic E-state index is 0.0669. The van der Waals surface area contributed by atoms with Gasteiger partial charge in [-0.05, 0) is 30.0 Å². The molecule has 2 aromatic rings. The first-order chi connectivity index (χ1) is 10.0. The monoisotopic (exact) mass is 302 g/mol. The maximum absolute atomic E-state index is 12.3. The van der Waals surface area contributed by atoms with E-state index in [-0.39, 0.29) is 11.7 Å². The summed E-state index contributed by atoms with van der Waals surface area (Å²) >= 11 is 1.38. The van der Waals surface area contributed by atoms with Crippen LogP contribution in [0.15, 0.2) is 24.8 Å². The normalized spacial score (nSPS) is 20.2. The van der Waals surface area contributed by atoms with Gasteiger partial charge in [0.05, 0.1) is 17.9 Å². The zero-order valence-corrected chi connectivity index (χ0v) is 12.3. The van der Waals surface area contributed by atoms with Gasteiger partial charge in [0.25, 0.3) is 0 Å². The zero-order chi connectivity index (χ0) is 15.1. The van der Waals surface area contributed by atoms with E-state index in [0.717, 1.165) is 15.6 Å². The number of ketones is 1. The van der Waals surface area contributed by atoms with Crippen LogP contribution < -0.4 is 4.74 Å². The van der Waals surface area contributed by atoms with Gasteiger partial charge < -0.3 is 9.84 Å². The highest BCUT2D eigenvalue weighted by atomic mass is 32.1. The van der Waals surface area contributed by atoms with Crippen molar-refractivity contribution in [3.63, 3.8) is 0 Å². The average Bonchev–Trinajstić information content (AvgIpc) is 3.18. The minimum atomic E-state index is -0.884. The molecule has 1 aliphatic carbocycles. The molecule has 1 aliphatic rings. The summed E-state index contributed by atoms with van der Waals surface area (Å²) in [5.74, 6) is -1.11. The van der Waals surface area contributed by atoms with Gasteiger partial charge in [0, 0.05) is 16.2 Å². The number of aliphatic carboxylic acids is 1. The number of benzene rings is 1. The smallest absolute Gasteiger partial charge is 0.307 e. The molecule has 0 unspecified atom stereocenters. The molecular formula is C16H14O4S. The number of carboxylic acid groups (broad SMARTS) is 1. The van der Waals surface area contributed by atoms with E-state index in [1.807, 2.05) is 18.2 Å². The molecule has 0 saturated heterocycles. The van der Waals surface area contributed by atoms with Gasteiger partial charge >= 0.3 is 5.97 Å². The van der Waals surface area contributed by atoms with E-state index < -0.39 is 11.9 Å². The zero-order valence-electron chi connectivity index (χ0n) is 11.5. The van der Waals surface area contributed by atoms with Crippen molar-refractivity contribution in [1.82, 2.24) is 0 Å². The molecule has 0 aliphatic heterocycles. The first-order valence-corrected chi connectivity index (χ1v) is 7.38. The Bertz CT molecular complexity index is 759. The molecule has 0 radical (unpaired) electrons. The van der Waals surface area contributed by atoms with E-state index in [4.69, 9.17) is 9.84 Å². The highest BCUT2D eigenvalue weighted by Gasteiger charge is 2.48. The fourth-order valence-electron chi connectivity index (χ4n) is 2.48. The lowest BCUT2D eigenvalue weighted by Crippen LogP contribution is -2.06. The third-order valence-electron chi connectivity index (χ3n) is 3.78. The number of Topliss-reactive ketones (excluding diaryl/α,β-unsaturated/α-hetero) is 1. The van der Waals surface area contributed by atoms with Gasteiger partial charge in [-0.3, -0.25) is 9.59 Å². The number of carbonyl (C=O) groups excluding carboxylic acids is 1. The Kier molecular flexibility index (Phi) is 3.29. The van der Waals surface area contributed by atoms with E-state index in [1.165, 1.54) is 11.3 Å². The van der Waals surface area contributed by atoms with Crippen LogP contribution in [0.2, 0.25) is 0 Å². The van der Waals surface area contributed by atoms with Crippen LogP contribution in [-0.2, 0) is 4.79 Å². The van der Waals surface area contributed by atoms with Crippen LogP contribution in [0.5, 0.6) is 5.75 Å². The molecule has 1 N–H and O–H groups in total. The minimum Gasteiger partial charge on any atom is -0.496 e. The predicted octanol–water partition coefficient (Wildman–Crippen LogP) is 3.46. The Morgan fingerprint density at radius 1 is 1.38 bits per heavy atom. The lowest BCUT2D eigenvalue weighted by Gasteiger charge is -2.04. The number of fused-ring (bicyclic) bond motifs is 1. The van der Waals surface area contributed by atoms with Crippen molar-refractivity contribution in [3.8, 4) is 5.75 Å². The van der Waals surface area contributed by atoms with E-state index in [9.17, 15) is 9.59 Å². The van der Waals surface area contributed by atoms with Gasteiger partial charge in [0.1, 0.15) is 5.75 Å². The van der Waals surface area contributed by atoms with Gasteiger partial charge in [-0.25, -0.2) is 0 Å². The molecule has 2 atom stereocenters. The number of carboxylic acids is 1. The lowest BCUT2D eigenvalue weighted by molar-refractivity contribution is -0.138. The van der Waals surface area contributed by atoms with Crippen molar-refractivity contribution in [1.29, 1.82) is 0 Å². The highest BCUT2D eigenvalue weighted by Crippen LogP contribution is 2.43. The Balaban J connectivity index is 1.96. The van der Waals surface area contributed by atoms with E-state index in [1.54, 1.807) is 13.2 Å². The van der Waals surface area contributed by atoms with Gasteiger partial charge in [0.2, 0.25) is 0 Å². The maximum atomic E-state index is 12.3. The SMILES string of the molecule is C=Cc1cc2cc(C(=O)[C@@H]3C[C@@H]3C(=O)O)sc2cc1OC. The Hall–Kier alpha value is -2.14. The molecule has 0 amide bonds. The standard InChI is InChI=1S/C16H14O4S/c1-3-8-4-9-5-14(21-13(9)7-12(8)20-2)15(17)10-6-11(10)16(18)19/h3-5,7,10-11H,1,6H2,2H3,(H,18,19)/t10-,11+/m1/s1. The Labute approximate surface area is 125 Å². The third-order valence-corrected chi connectivity index (χ3v) is 4.89. The average molecular weight is 302 g/mol. The maximum Gasteiger partial charge on any atom is 0.307 e. The first kappa shape index (κ1) is 13.8. The number of hydrogen-bond acceptors (Lipinski definition) is 4. The molecule has 1 aromatic carbocycles. The molecule has 1 saturated carbocycles. The molecule has 1 aromatic heterocycles. The summed E-state index contributed by atoms with van der Waals surface area (Å²) in [6.07, 6.45) is 2.16. The fraction of sp³-hybridized carbons (Fsp3) is 0.250. The molecule has 21 heavy (non-hydrogen) atoms. The molecule has 4 nitrogen and oxygen atoms in total. The molecule has 3 rings (SSSR count). The molecule has 0 spiro atoms. The largest absolute Gasteiger partial charge is 0.496 e. The second kappa shape index (κ2) is 5.00. The molecule has 5 heteroatoms. The summed E-state index contributed by atoms with van der Waals surface area (Å²) in [5.41, 5.74) is 0.872. The van der Waals surface area contributed by atoms with Crippen molar-refractivity contribution in [2.45, 2.75) is 6.42 Å². The first-order valence-electron chi connectivity index (χ1n) is 6.56. The summed E-state index contributed by atoms with van der Waals surface area (Å²) in [6.45, 7) is 3.75. The number of thiophene rings is 1. The van der Waals surface area contributed by atoms with Crippen LogP contribution in [-0.4, -0.2) is 24.0 Å². The van der Waals surface area contributed by atoms with Crippen LogP contribution in [0.4, 0.5) is 0 Å². The van der Waals surface area contributed by atoms with Crippen LogP contribution in [0.1, 0.15) is 21.7 Å². The molecule has 1 fully saturated rings. The Morgan fingerprint density at radius 2 is 2.14 bits per heavy atom. The quantitative estimate of drug-likeness (QED) is 0.859. The van der Waals surface area contributed by atoms with Crippen molar-refractivity contribution in [2.75, 3.05) is 7.11 Å². The summed E-state index contributed by atoms with van der Waals surface area (Å²) in [5, 5.41) is 9.87. The van der Waals surface area contributed by atoms with Crippen LogP contribution in [0, 0.1) is 11.8 Å². The van der Waals surface area contributed by atoms with Gasteiger partial charge in [-0.15, -0.1) is 11.3 Å². The number of carbonyl (C=O) groups is 2. The summed E-state index contributed by atoms with van der Waals surface area (Å²) in [6, 6.07) is 5.64. The van der Waals surface area contributed by atoms with Crippen molar-refractivity contribution >= 4 is 39.3 Å². The topological polar surface area (TPSA) is 63.6 Å². The number of hydrogen-bond donors (Lipinski definition) is 1. The second-order valence-electron chi connectivity index (χ2n) is 5.10. The molecule has 108 valence electrons. The van der Waals surface area contributed by atoms with E-state index in [0.29, 0.717) is 17.0 Å². The van der Waals surface area contributed by atoms with Crippen LogP contribution in [0.3, 0.4) is 0 Å². The van der Waals surface area contributed by atoms with Gasteiger partial charge in [0.15, 0.2) is 5.78 Å². The van der Waals surface area contributed by atoms with Crippen molar-refractivity contribution in [3.05, 3.63) is 35.2 Å². The van der Waals surface area contributed by atoms with Gasteiger partial charge in [-0.1, -0.05) is 12.7 Å². The second-order valence-corrected chi connectivity index (χ2v) is 6.18. The van der Waals surface area contributed by atoms with Gasteiger partial charge in [-0.2, -0.15) is 0 Å². The Morgan fingerprint density at radius 3 is 2.71 bits per heavy atom. The summed E-state index contributed by atoms with van der Waals surface area (Å²) in [4.78, 5) is 23.8. The van der Waals surface area contributed by atoms with E-state index in [2.05, 4.69) is 6.58 Å². The van der Waals surface area contributed by atoms with Crippen LogP contribution >= 0.6 is 11.3 Å². The summed E-state index contributed by atoms with van der Waals surface area (Å²) in [7, 11) is 1.59. The number of methoxy groups -OCH3 is 1. The molecular weight excluding hydrogens is 288 g/mol. The van der Waals surface area contributed by atoms with E-state index >= 15 is 0 Å². The van der Waals surface area contributed by atoms with Crippen molar-refractivity contribution < 1.29 is 19.4 Å². The fourth-order valence-corrected chi connectivity index (χ4v) is 3.56. The number of rotatable bonds is 5. The predicted molar refractivity (Wildman–Crippen MR) is 82.0 cm³/mol. The summed E-state index contributed by atoms with van der Waals surface area (Å²) < 4.78 is 6.25. The van der Waals surface area contributed by atoms with Crippen LogP contribution in [0.25, 0.3) is 16.2 Å². The number of ether oxygens (including phenoxy) is 1. The molecule has 0 bridgehead atoms. The van der Waals surface area contributed by atoms with Crippen molar-refractivity contribution in [2.24, 2.45) is 11.8 Å².